The van der Waals surface area contributed by atoms with Crippen molar-refractivity contribution in [1.29, 1.82) is 0 Å². The Labute approximate surface area is 151 Å². The number of hydrogen-bond donors (Lipinski definition) is 1. The first-order valence-corrected chi connectivity index (χ1v) is 8.52. The molecule has 7 nitrogen and oxygen atoms in total. The number of amides is 1. The minimum atomic E-state index is -0.416. The highest BCUT2D eigenvalue weighted by molar-refractivity contribution is 9.10. The van der Waals surface area contributed by atoms with E-state index in [0.717, 1.165) is 17.3 Å². The molecule has 0 bridgehead atoms. The second kappa shape index (κ2) is 7.31. The van der Waals surface area contributed by atoms with Crippen LogP contribution >= 0.6 is 27.5 Å². The molecule has 1 unspecified atom stereocenters. The van der Waals surface area contributed by atoms with Crippen LogP contribution < -0.4 is 10.3 Å². The highest BCUT2D eigenvalue weighted by Crippen LogP contribution is 2.18. The first-order chi connectivity index (χ1) is 11.5. The zero-order valence-corrected chi connectivity index (χ0v) is 14.9. The SMILES string of the molecule is O=C(c1c[nH]c(=O)c(Cl)c1)N1CCCC(Oc2ncc(Br)cn2)C1. The van der Waals surface area contributed by atoms with E-state index in [-0.39, 0.29) is 23.0 Å². The Kier molecular flexibility index (Phi) is 5.15. The third kappa shape index (κ3) is 3.93. The van der Waals surface area contributed by atoms with E-state index in [1.165, 1.54) is 12.3 Å². The average molecular weight is 414 g/mol. The van der Waals surface area contributed by atoms with Crippen LogP contribution in [-0.4, -0.2) is 45.0 Å². The van der Waals surface area contributed by atoms with Gasteiger partial charge in [0.05, 0.1) is 16.6 Å². The van der Waals surface area contributed by atoms with Gasteiger partial charge in [0.2, 0.25) is 0 Å². The van der Waals surface area contributed by atoms with Gasteiger partial charge < -0.3 is 14.6 Å². The maximum atomic E-state index is 12.6. The van der Waals surface area contributed by atoms with Crippen LogP contribution in [0.2, 0.25) is 5.02 Å². The van der Waals surface area contributed by atoms with E-state index in [1.807, 2.05) is 0 Å². The van der Waals surface area contributed by atoms with Crippen LogP contribution in [0.25, 0.3) is 0 Å². The molecule has 2 aromatic heterocycles. The van der Waals surface area contributed by atoms with Gasteiger partial charge in [0.1, 0.15) is 11.1 Å². The largest absolute Gasteiger partial charge is 0.458 e. The van der Waals surface area contributed by atoms with Crippen LogP contribution in [0.3, 0.4) is 0 Å². The van der Waals surface area contributed by atoms with Crippen LogP contribution in [0.15, 0.2) is 33.9 Å². The third-order valence-corrected chi connectivity index (χ3v) is 4.33. The molecule has 0 aromatic carbocycles. The highest BCUT2D eigenvalue weighted by atomic mass is 79.9. The monoisotopic (exact) mass is 412 g/mol. The van der Waals surface area contributed by atoms with Crippen LogP contribution in [-0.2, 0) is 0 Å². The number of carbonyl (C=O) groups excluding carboxylic acids is 1. The van der Waals surface area contributed by atoms with E-state index in [1.54, 1.807) is 17.3 Å². The summed E-state index contributed by atoms with van der Waals surface area (Å²) in [7, 11) is 0. The molecule has 126 valence electrons. The lowest BCUT2D eigenvalue weighted by Crippen LogP contribution is -2.44. The molecule has 0 aliphatic carbocycles. The van der Waals surface area contributed by atoms with E-state index in [9.17, 15) is 9.59 Å². The fraction of sp³-hybridized carbons (Fsp3) is 0.333. The van der Waals surface area contributed by atoms with E-state index in [0.29, 0.717) is 18.7 Å². The predicted octanol–water partition coefficient (Wildman–Crippen LogP) is 2.26. The normalized spacial score (nSPS) is 17.6. The molecule has 1 aliphatic heterocycles. The Morgan fingerprint density at radius 2 is 2.17 bits per heavy atom. The molecule has 1 atom stereocenters. The molecule has 1 saturated heterocycles. The number of piperidine rings is 1. The molecule has 24 heavy (non-hydrogen) atoms. The summed E-state index contributed by atoms with van der Waals surface area (Å²) in [6, 6.07) is 1.66. The predicted molar refractivity (Wildman–Crippen MR) is 91.4 cm³/mol. The number of carbonyl (C=O) groups is 1. The number of nitrogens with one attached hydrogen (secondary N) is 1. The Balaban J connectivity index is 1.68. The van der Waals surface area contributed by atoms with Crippen LogP contribution in [0, 0.1) is 0 Å². The summed E-state index contributed by atoms with van der Waals surface area (Å²) in [5.74, 6) is -0.196. The van der Waals surface area contributed by atoms with Gasteiger partial charge in [-0.1, -0.05) is 11.6 Å². The molecule has 3 heterocycles. The first kappa shape index (κ1) is 16.9. The molecule has 0 radical (unpaired) electrons. The summed E-state index contributed by atoms with van der Waals surface area (Å²) < 4.78 is 6.52. The number of rotatable bonds is 3. The summed E-state index contributed by atoms with van der Waals surface area (Å²) in [6.07, 6.45) is 6.03. The lowest BCUT2D eigenvalue weighted by molar-refractivity contribution is 0.0515. The number of pyridine rings is 1. The van der Waals surface area contributed by atoms with Crippen molar-refractivity contribution in [2.24, 2.45) is 0 Å². The maximum Gasteiger partial charge on any atom is 0.316 e. The van der Waals surface area contributed by atoms with E-state index < -0.39 is 5.56 Å². The highest BCUT2D eigenvalue weighted by Gasteiger charge is 2.26. The van der Waals surface area contributed by atoms with Crippen LogP contribution in [0.5, 0.6) is 6.01 Å². The van der Waals surface area contributed by atoms with Gasteiger partial charge in [-0.15, -0.1) is 0 Å². The molecule has 1 aliphatic rings. The van der Waals surface area contributed by atoms with Gasteiger partial charge in [0.15, 0.2) is 0 Å². The minimum absolute atomic E-state index is 0.00563. The lowest BCUT2D eigenvalue weighted by atomic mass is 10.1. The van der Waals surface area contributed by atoms with E-state index in [4.69, 9.17) is 16.3 Å². The van der Waals surface area contributed by atoms with Crippen molar-refractivity contribution in [3.8, 4) is 6.01 Å². The topological polar surface area (TPSA) is 88.2 Å². The second-order valence-corrected chi connectivity index (χ2v) is 6.71. The summed E-state index contributed by atoms with van der Waals surface area (Å²) in [5.41, 5.74) is -0.0689. The van der Waals surface area contributed by atoms with Crippen molar-refractivity contribution in [2.75, 3.05) is 13.1 Å². The van der Waals surface area contributed by atoms with Crippen molar-refractivity contribution in [3.63, 3.8) is 0 Å². The molecule has 9 heteroatoms. The quantitative estimate of drug-likeness (QED) is 0.834. The van der Waals surface area contributed by atoms with Crippen LogP contribution in [0.4, 0.5) is 0 Å². The van der Waals surface area contributed by atoms with E-state index >= 15 is 0 Å². The fourth-order valence-corrected chi connectivity index (χ4v) is 2.87. The van der Waals surface area contributed by atoms with Gasteiger partial charge >= 0.3 is 6.01 Å². The van der Waals surface area contributed by atoms with Gasteiger partial charge in [-0.2, -0.15) is 0 Å². The second-order valence-electron chi connectivity index (χ2n) is 5.38. The molecule has 0 spiro atoms. The number of nitrogens with zero attached hydrogens (tertiary/aromatic N) is 3. The van der Waals surface area contributed by atoms with Gasteiger partial charge in [-0.25, -0.2) is 9.97 Å². The maximum absolute atomic E-state index is 12.6. The van der Waals surface area contributed by atoms with Crippen molar-refractivity contribution in [1.82, 2.24) is 19.9 Å². The lowest BCUT2D eigenvalue weighted by Gasteiger charge is -2.32. The van der Waals surface area contributed by atoms with Crippen molar-refractivity contribution >= 4 is 33.4 Å². The van der Waals surface area contributed by atoms with Crippen molar-refractivity contribution in [2.45, 2.75) is 18.9 Å². The number of H-pyrrole nitrogens is 1. The zero-order chi connectivity index (χ0) is 17.1. The first-order valence-electron chi connectivity index (χ1n) is 7.34. The number of likely N-dealkylation sites (tertiary alicyclic amines) is 1. The zero-order valence-electron chi connectivity index (χ0n) is 12.5. The molecular formula is C15H14BrClN4O3. The van der Waals surface area contributed by atoms with Gasteiger partial charge in [-0.05, 0) is 34.8 Å². The van der Waals surface area contributed by atoms with Crippen LogP contribution in [0.1, 0.15) is 23.2 Å². The van der Waals surface area contributed by atoms with Gasteiger partial charge in [-0.3, -0.25) is 9.59 Å². The number of hydrogen-bond acceptors (Lipinski definition) is 5. The van der Waals surface area contributed by atoms with Gasteiger partial charge in [0, 0.05) is 25.1 Å². The van der Waals surface area contributed by atoms with E-state index in [2.05, 4.69) is 30.9 Å². The Hall–Kier alpha value is -1.93. The fourth-order valence-electron chi connectivity index (χ4n) is 2.49. The molecular weight excluding hydrogens is 400 g/mol. The Morgan fingerprint density at radius 3 is 2.88 bits per heavy atom. The summed E-state index contributed by atoms with van der Waals surface area (Å²) >= 11 is 9.05. The van der Waals surface area contributed by atoms with Crippen molar-refractivity contribution < 1.29 is 9.53 Å². The molecule has 1 N–H and O–H groups in total. The molecule has 0 saturated carbocycles. The molecule has 3 rings (SSSR count). The standard InChI is InChI=1S/C15H14BrClN4O3/c16-10-6-19-15(20-7-10)24-11-2-1-3-21(8-11)14(23)9-4-12(17)13(22)18-5-9/h4-7,11H,1-3,8H2,(H,18,22). The third-order valence-electron chi connectivity index (χ3n) is 3.64. The summed E-state index contributed by atoms with van der Waals surface area (Å²) in [4.78, 5) is 36.2. The number of aromatic nitrogens is 3. The van der Waals surface area contributed by atoms with Gasteiger partial charge in [0.25, 0.3) is 11.5 Å². The number of aromatic amines is 1. The number of ether oxygens (including phenoxy) is 1. The smallest absolute Gasteiger partial charge is 0.316 e. The van der Waals surface area contributed by atoms with Crippen molar-refractivity contribution in [3.05, 3.63) is 50.1 Å². The minimum Gasteiger partial charge on any atom is -0.458 e. The average Bonchev–Trinajstić information content (AvgIpc) is 2.59. The molecule has 1 amide bonds. The Morgan fingerprint density at radius 1 is 1.42 bits per heavy atom. The summed E-state index contributed by atoms with van der Waals surface area (Å²) in [5, 5.41) is -0.00563. The summed E-state index contributed by atoms with van der Waals surface area (Å²) in [6.45, 7) is 1.05. The Bertz CT molecular complexity index is 796. The number of halogens is 2. The molecule has 2 aromatic rings. The molecule has 1 fully saturated rings.